The van der Waals surface area contributed by atoms with Crippen molar-refractivity contribution in [1.29, 1.82) is 0 Å². The molecule has 27 heavy (non-hydrogen) atoms. The third-order valence-corrected chi connectivity index (χ3v) is 5.60. The molecule has 1 aliphatic heterocycles. The van der Waals surface area contributed by atoms with Gasteiger partial charge in [-0.2, -0.15) is 22.7 Å². The third kappa shape index (κ3) is 4.67. The molecule has 0 saturated carbocycles. The maximum Gasteiger partial charge on any atom is 0.453 e. The van der Waals surface area contributed by atoms with Crippen LogP contribution in [0.3, 0.4) is 0 Å². The van der Waals surface area contributed by atoms with Crippen molar-refractivity contribution >= 4 is 21.4 Å². The third-order valence-electron chi connectivity index (χ3n) is 4.46. The van der Waals surface area contributed by atoms with Gasteiger partial charge in [0.15, 0.2) is 0 Å². The van der Waals surface area contributed by atoms with E-state index in [-0.39, 0.29) is 23.9 Å². The summed E-state index contributed by atoms with van der Waals surface area (Å²) in [4.78, 5) is 7.41. The standard InChI is InChI=1S/C15H20F3N5O3S/c1-10-7-11(23-13(20-10)21-12(22-23)15(16,17)18)19-8-14(9-27(2,24)25)3-5-26-6-4-14/h7,19H,3-6,8-9H2,1-2H3. The fourth-order valence-corrected chi connectivity index (χ4v) is 4.75. The summed E-state index contributed by atoms with van der Waals surface area (Å²) < 4.78 is 68.8. The molecule has 0 aromatic carbocycles. The van der Waals surface area contributed by atoms with Crippen molar-refractivity contribution < 1.29 is 26.3 Å². The minimum atomic E-state index is -4.68. The monoisotopic (exact) mass is 407 g/mol. The van der Waals surface area contributed by atoms with E-state index in [2.05, 4.69) is 20.4 Å². The molecule has 1 fully saturated rings. The Morgan fingerprint density at radius 1 is 1.30 bits per heavy atom. The fraction of sp³-hybridized carbons (Fsp3) is 0.667. The lowest BCUT2D eigenvalue weighted by Gasteiger charge is -2.36. The smallest absolute Gasteiger partial charge is 0.381 e. The average molecular weight is 407 g/mol. The summed E-state index contributed by atoms with van der Waals surface area (Å²) in [7, 11) is -3.24. The van der Waals surface area contributed by atoms with E-state index in [4.69, 9.17) is 4.74 Å². The Morgan fingerprint density at radius 2 is 1.96 bits per heavy atom. The van der Waals surface area contributed by atoms with Crippen LogP contribution >= 0.6 is 0 Å². The second-order valence-corrected chi connectivity index (χ2v) is 9.10. The zero-order chi connectivity index (χ0) is 19.9. The Bertz CT molecular complexity index is 936. The van der Waals surface area contributed by atoms with Crippen molar-refractivity contribution in [3.05, 3.63) is 17.6 Å². The van der Waals surface area contributed by atoms with Crippen LogP contribution in [0.25, 0.3) is 5.78 Å². The van der Waals surface area contributed by atoms with E-state index in [0.717, 1.165) is 4.52 Å². The predicted molar refractivity (Wildman–Crippen MR) is 91.2 cm³/mol. The number of nitrogens with one attached hydrogen (secondary N) is 1. The summed E-state index contributed by atoms with van der Waals surface area (Å²) in [6.07, 6.45) is -2.44. The van der Waals surface area contributed by atoms with Gasteiger partial charge in [0.25, 0.3) is 11.6 Å². The van der Waals surface area contributed by atoms with Gasteiger partial charge in [-0.05, 0) is 19.8 Å². The van der Waals surface area contributed by atoms with Crippen LogP contribution in [0.1, 0.15) is 24.4 Å². The Balaban J connectivity index is 1.91. The molecule has 0 spiro atoms. The number of fused-ring (bicyclic) bond motifs is 1. The number of halogens is 3. The van der Waals surface area contributed by atoms with Gasteiger partial charge in [-0.25, -0.2) is 13.4 Å². The second-order valence-electron chi connectivity index (χ2n) is 6.96. The lowest BCUT2D eigenvalue weighted by Crippen LogP contribution is -2.41. The van der Waals surface area contributed by atoms with E-state index in [1.165, 1.54) is 6.26 Å². The SMILES string of the molecule is Cc1cc(NCC2(CS(C)(=O)=O)CCOCC2)n2nc(C(F)(F)F)nc2n1. The first-order valence-electron chi connectivity index (χ1n) is 8.28. The number of nitrogens with zero attached hydrogens (tertiary/aromatic N) is 4. The molecule has 8 nitrogen and oxygen atoms in total. The van der Waals surface area contributed by atoms with E-state index in [0.29, 0.717) is 31.7 Å². The first-order chi connectivity index (χ1) is 12.5. The molecular formula is C15H20F3N5O3S. The molecule has 3 rings (SSSR count). The van der Waals surface area contributed by atoms with Crippen molar-refractivity contribution in [3.63, 3.8) is 0 Å². The Morgan fingerprint density at radius 3 is 2.56 bits per heavy atom. The van der Waals surface area contributed by atoms with Gasteiger partial charge in [0.2, 0.25) is 0 Å². The average Bonchev–Trinajstić information content (AvgIpc) is 2.96. The number of rotatable bonds is 5. The predicted octanol–water partition coefficient (Wildman–Crippen LogP) is 1.70. The molecular weight excluding hydrogens is 387 g/mol. The Labute approximate surface area is 154 Å². The number of ether oxygens (including phenoxy) is 1. The number of aromatic nitrogens is 4. The molecule has 1 aliphatic rings. The van der Waals surface area contributed by atoms with Crippen LogP contribution in [0.4, 0.5) is 19.0 Å². The largest absolute Gasteiger partial charge is 0.453 e. The van der Waals surface area contributed by atoms with Crippen molar-refractivity contribution in [3.8, 4) is 0 Å². The van der Waals surface area contributed by atoms with Crippen LogP contribution in [0.5, 0.6) is 0 Å². The minimum Gasteiger partial charge on any atom is -0.381 e. The van der Waals surface area contributed by atoms with Gasteiger partial charge in [-0.3, -0.25) is 0 Å². The maximum absolute atomic E-state index is 12.9. The number of anilines is 1. The van der Waals surface area contributed by atoms with E-state index in [1.54, 1.807) is 13.0 Å². The summed E-state index contributed by atoms with van der Waals surface area (Å²) in [5.74, 6) is -1.20. The normalized spacial score (nSPS) is 18.0. The van der Waals surface area contributed by atoms with Gasteiger partial charge in [0, 0.05) is 43.2 Å². The molecule has 0 radical (unpaired) electrons. The number of sulfone groups is 1. The van der Waals surface area contributed by atoms with E-state index < -0.39 is 27.3 Å². The molecule has 0 aliphatic carbocycles. The topological polar surface area (TPSA) is 98.5 Å². The molecule has 12 heteroatoms. The summed E-state index contributed by atoms with van der Waals surface area (Å²) in [5.41, 5.74) is -0.0989. The molecule has 0 amide bonds. The first-order valence-corrected chi connectivity index (χ1v) is 10.3. The van der Waals surface area contributed by atoms with E-state index in [1.807, 2.05) is 0 Å². The van der Waals surface area contributed by atoms with Gasteiger partial charge in [-0.1, -0.05) is 0 Å². The molecule has 150 valence electrons. The van der Waals surface area contributed by atoms with Crippen LogP contribution in [0.15, 0.2) is 6.07 Å². The van der Waals surface area contributed by atoms with Gasteiger partial charge >= 0.3 is 6.18 Å². The van der Waals surface area contributed by atoms with E-state index >= 15 is 0 Å². The first kappa shape index (κ1) is 19.8. The Hall–Kier alpha value is -1.95. The summed E-state index contributed by atoms with van der Waals surface area (Å²) in [6.45, 7) is 2.75. The van der Waals surface area contributed by atoms with Crippen molar-refractivity contribution in [2.45, 2.75) is 25.9 Å². The Kier molecular flexibility index (Phi) is 5.06. The highest BCUT2D eigenvalue weighted by Gasteiger charge is 2.38. The van der Waals surface area contributed by atoms with Crippen LogP contribution in [0.2, 0.25) is 0 Å². The van der Waals surface area contributed by atoms with Crippen LogP contribution < -0.4 is 5.32 Å². The van der Waals surface area contributed by atoms with Crippen molar-refractivity contribution in [2.75, 3.05) is 37.1 Å². The zero-order valence-electron chi connectivity index (χ0n) is 14.9. The molecule has 0 unspecified atom stereocenters. The summed E-state index contributed by atoms with van der Waals surface area (Å²) in [6, 6.07) is 1.55. The number of alkyl halides is 3. The summed E-state index contributed by atoms with van der Waals surface area (Å²) in [5, 5.41) is 6.56. The molecule has 0 bridgehead atoms. The van der Waals surface area contributed by atoms with Gasteiger partial charge in [0.1, 0.15) is 15.7 Å². The number of aryl methyl sites for hydroxylation is 1. The molecule has 1 N–H and O–H groups in total. The quantitative estimate of drug-likeness (QED) is 0.806. The maximum atomic E-state index is 12.9. The molecule has 0 atom stereocenters. The van der Waals surface area contributed by atoms with Crippen molar-refractivity contribution in [2.24, 2.45) is 5.41 Å². The highest BCUT2D eigenvalue weighted by Crippen LogP contribution is 2.33. The molecule has 1 saturated heterocycles. The molecule has 2 aromatic heterocycles. The van der Waals surface area contributed by atoms with Gasteiger partial charge in [0.05, 0.1) is 5.75 Å². The highest BCUT2D eigenvalue weighted by molar-refractivity contribution is 7.90. The fourth-order valence-electron chi connectivity index (χ4n) is 3.24. The van der Waals surface area contributed by atoms with Crippen molar-refractivity contribution in [1.82, 2.24) is 19.6 Å². The van der Waals surface area contributed by atoms with Gasteiger partial charge < -0.3 is 10.1 Å². The van der Waals surface area contributed by atoms with Crippen LogP contribution in [-0.2, 0) is 20.8 Å². The minimum absolute atomic E-state index is 0.0330. The molecule has 3 heterocycles. The molecule has 2 aromatic rings. The number of hydrogen-bond acceptors (Lipinski definition) is 7. The summed E-state index contributed by atoms with van der Waals surface area (Å²) >= 11 is 0. The van der Waals surface area contributed by atoms with Crippen LogP contribution in [-0.4, -0.2) is 59.8 Å². The van der Waals surface area contributed by atoms with Gasteiger partial charge in [-0.15, -0.1) is 5.10 Å². The lowest BCUT2D eigenvalue weighted by molar-refractivity contribution is -0.144. The van der Waals surface area contributed by atoms with Crippen LogP contribution in [0, 0.1) is 12.3 Å². The number of hydrogen-bond donors (Lipinski definition) is 1. The van der Waals surface area contributed by atoms with E-state index in [9.17, 15) is 21.6 Å². The highest BCUT2D eigenvalue weighted by atomic mass is 32.2. The second kappa shape index (κ2) is 6.89. The lowest BCUT2D eigenvalue weighted by atomic mass is 9.82. The zero-order valence-corrected chi connectivity index (χ0v) is 15.7.